The van der Waals surface area contributed by atoms with Gasteiger partial charge in [-0.05, 0) is 48.2 Å². The Labute approximate surface area is 204 Å². The summed E-state index contributed by atoms with van der Waals surface area (Å²) in [6, 6.07) is 12.3. The van der Waals surface area contributed by atoms with Crippen LogP contribution < -0.4 is 10.1 Å². The number of thioether (sulfide) groups is 1. The number of hydrogen-bond donors (Lipinski definition) is 1. The predicted molar refractivity (Wildman–Crippen MR) is 133 cm³/mol. The van der Waals surface area contributed by atoms with Gasteiger partial charge in [0.15, 0.2) is 0 Å². The molecule has 0 aliphatic heterocycles. The quantitative estimate of drug-likeness (QED) is 0.450. The van der Waals surface area contributed by atoms with Gasteiger partial charge in [0.05, 0.1) is 12.9 Å². The van der Waals surface area contributed by atoms with E-state index in [1.54, 1.807) is 37.1 Å². The summed E-state index contributed by atoms with van der Waals surface area (Å²) in [4.78, 5) is 27.4. The van der Waals surface area contributed by atoms with Crippen molar-refractivity contribution < 1.29 is 14.3 Å². The highest BCUT2D eigenvalue weighted by Crippen LogP contribution is 2.24. The molecule has 0 saturated heterocycles. The molecule has 0 spiro atoms. The van der Waals surface area contributed by atoms with E-state index in [1.165, 1.54) is 11.8 Å². The normalized spacial score (nSPS) is 11.8. The Bertz CT molecular complexity index is 907. The van der Waals surface area contributed by atoms with Crippen LogP contribution in [0, 0.1) is 5.92 Å². The molecule has 8 heteroatoms. The molecule has 0 aliphatic rings. The van der Waals surface area contributed by atoms with Crippen molar-refractivity contribution in [1.29, 1.82) is 0 Å². The van der Waals surface area contributed by atoms with Crippen molar-refractivity contribution in [3.05, 3.63) is 63.6 Å². The number of halogens is 2. The number of methoxy groups -OCH3 is 1. The third kappa shape index (κ3) is 8.23. The molecule has 2 aromatic rings. The van der Waals surface area contributed by atoms with E-state index in [0.29, 0.717) is 28.3 Å². The molecule has 0 unspecified atom stereocenters. The van der Waals surface area contributed by atoms with Crippen molar-refractivity contribution >= 4 is 46.8 Å². The lowest BCUT2D eigenvalue weighted by Crippen LogP contribution is -2.48. The molecule has 2 aromatic carbocycles. The van der Waals surface area contributed by atoms with Gasteiger partial charge in [0, 0.05) is 28.9 Å². The zero-order valence-electron chi connectivity index (χ0n) is 18.9. The van der Waals surface area contributed by atoms with Crippen molar-refractivity contribution in [3.63, 3.8) is 0 Å². The molecule has 174 valence electrons. The molecule has 2 rings (SSSR count). The summed E-state index contributed by atoms with van der Waals surface area (Å²) >= 11 is 13.8. The van der Waals surface area contributed by atoms with E-state index in [1.807, 2.05) is 38.1 Å². The predicted octanol–water partition coefficient (Wildman–Crippen LogP) is 5.42. The second-order valence-corrected chi connectivity index (χ2v) is 9.74. The summed E-state index contributed by atoms with van der Waals surface area (Å²) in [5, 5.41) is 3.90. The van der Waals surface area contributed by atoms with Crippen LogP contribution in [0.4, 0.5) is 0 Å². The zero-order valence-corrected chi connectivity index (χ0v) is 21.2. The Morgan fingerprint density at radius 2 is 1.78 bits per heavy atom. The number of carbonyl (C=O) groups excluding carboxylic acids is 2. The van der Waals surface area contributed by atoms with Crippen molar-refractivity contribution in [2.75, 3.05) is 19.4 Å². The number of rotatable bonds is 11. The van der Waals surface area contributed by atoms with Gasteiger partial charge in [-0.2, -0.15) is 0 Å². The summed E-state index contributed by atoms with van der Waals surface area (Å²) in [5.74, 6) is 1.74. The molecule has 5 nitrogen and oxygen atoms in total. The fourth-order valence-electron chi connectivity index (χ4n) is 2.93. The van der Waals surface area contributed by atoms with Gasteiger partial charge in [0.1, 0.15) is 11.8 Å². The topological polar surface area (TPSA) is 58.6 Å². The van der Waals surface area contributed by atoms with Crippen molar-refractivity contribution in [3.8, 4) is 5.75 Å². The maximum atomic E-state index is 13.1. The minimum absolute atomic E-state index is 0.123. The third-order valence-corrected chi connectivity index (χ3v) is 6.44. The van der Waals surface area contributed by atoms with Crippen molar-refractivity contribution in [2.24, 2.45) is 5.92 Å². The lowest BCUT2D eigenvalue weighted by atomic mass is 10.1. The Morgan fingerprint density at radius 3 is 2.38 bits per heavy atom. The molecule has 0 radical (unpaired) electrons. The number of hydrogen-bond acceptors (Lipinski definition) is 4. The highest BCUT2D eigenvalue weighted by Gasteiger charge is 2.26. The lowest BCUT2D eigenvalue weighted by molar-refractivity contribution is -0.138. The van der Waals surface area contributed by atoms with Gasteiger partial charge in [0.25, 0.3) is 0 Å². The smallest absolute Gasteiger partial charge is 0.242 e. The monoisotopic (exact) mass is 496 g/mol. The SMILES string of the molecule is COc1ccc(CSCC(=O)N(Cc2ccc(Cl)cc2Cl)[C@H](C)C(=O)NCC(C)C)cc1. The average molecular weight is 497 g/mol. The van der Waals surface area contributed by atoms with Crippen LogP contribution in [-0.2, 0) is 21.9 Å². The minimum Gasteiger partial charge on any atom is -0.497 e. The van der Waals surface area contributed by atoms with Crippen LogP contribution in [0.5, 0.6) is 5.75 Å². The standard InChI is InChI=1S/C24H30Cl2N2O3S/c1-16(2)12-27-24(30)17(3)28(13-19-7-8-20(25)11-22(19)26)23(29)15-32-14-18-5-9-21(31-4)10-6-18/h5-11,16-17H,12-15H2,1-4H3,(H,27,30)/t17-/m1/s1. The fourth-order valence-corrected chi connectivity index (χ4v) is 4.27. The molecule has 0 aliphatic carbocycles. The molecule has 0 aromatic heterocycles. The molecule has 0 heterocycles. The van der Waals surface area contributed by atoms with E-state index in [0.717, 1.165) is 16.9 Å². The van der Waals surface area contributed by atoms with Gasteiger partial charge >= 0.3 is 0 Å². The van der Waals surface area contributed by atoms with Gasteiger partial charge in [-0.3, -0.25) is 9.59 Å². The van der Waals surface area contributed by atoms with Crippen LogP contribution in [0.2, 0.25) is 10.0 Å². The zero-order chi connectivity index (χ0) is 23.7. The summed E-state index contributed by atoms with van der Waals surface area (Å²) in [7, 11) is 1.63. The van der Waals surface area contributed by atoms with E-state index in [9.17, 15) is 9.59 Å². The maximum Gasteiger partial charge on any atom is 0.242 e. The van der Waals surface area contributed by atoms with Crippen molar-refractivity contribution in [1.82, 2.24) is 10.2 Å². The fraction of sp³-hybridized carbons (Fsp3) is 0.417. The molecule has 2 amide bonds. The molecule has 32 heavy (non-hydrogen) atoms. The first-order chi connectivity index (χ1) is 15.2. The van der Waals surface area contributed by atoms with Crippen LogP contribution in [0.15, 0.2) is 42.5 Å². The first kappa shape index (κ1) is 26.4. The highest BCUT2D eigenvalue weighted by molar-refractivity contribution is 7.99. The Morgan fingerprint density at radius 1 is 1.09 bits per heavy atom. The van der Waals surface area contributed by atoms with E-state index in [-0.39, 0.29) is 24.1 Å². The minimum atomic E-state index is -0.630. The summed E-state index contributed by atoms with van der Waals surface area (Å²) in [6.07, 6.45) is 0. The summed E-state index contributed by atoms with van der Waals surface area (Å²) < 4.78 is 5.18. The molecule has 0 fully saturated rings. The maximum absolute atomic E-state index is 13.1. The molecule has 0 saturated carbocycles. The summed E-state index contributed by atoms with van der Waals surface area (Å²) in [6.45, 7) is 6.58. The number of nitrogens with one attached hydrogen (secondary N) is 1. The Kier molecular flexibility index (Phi) is 10.7. The number of benzene rings is 2. The van der Waals surface area contributed by atoms with E-state index >= 15 is 0 Å². The van der Waals surface area contributed by atoms with Crippen LogP contribution >= 0.6 is 35.0 Å². The average Bonchev–Trinajstić information content (AvgIpc) is 2.76. The Hall–Kier alpha value is -1.89. The molecule has 1 N–H and O–H groups in total. The first-order valence-electron chi connectivity index (χ1n) is 10.4. The lowest BCUT2D eigenvalue weighted by Gasteiger charge is -2.29. The second kappa shape index (κ2) is 13.0. The second-order valence-electron chi connectivity index (χ2n) is 7.91. The summed E-state index contributed by atoms with van der Waals surface area (Å²) in [5.41, 5.74) is 1.84. The van der Waals surface area contributed by atoms with Crippen LogP contribution in [0.3, 0.4) is 0 Å². The highest BCUT2D eigenvalue weighted by atomic mass is 35.5. The third-order valence-electron chi connectivity index (χ3n) is 4.86. The number of ether oxygens (including phenoxy) is 1. The number of amides is 2. The van der Waals surface area contributed by atoms with E-state index in [2.05, 4.69) is 5.32 Å². The van der Waals surface area contributed by atoms with Gasteiger partial charge in [0.2, 0.25) is 11.8 Å². The molecular formula is C24H30Cl2N2O3S. The molecule has 1 atom stereocenters. The molecular weight excluding hydrogens is 467 g/mol. The Balaban J connectivity index is 2.08. The first-order valence-corrected chi connectivity index (χ1v) is 12.3. The van der Waals surface area contributed by atoms with Gasteiger partial charge in [-0.15, -0.1) is 11.8 Å². The van der Waals surface area contributed by atoms with Gasteiger partial charge in [-0.25, -0.2) is 0 Å². The molecule has 0 bridgehead atoms. The van der Waals surface area contributed by atoms with Gasteiger partial charge < -0.3 is 15.0 Å². The van der Waals surface area contributed by atoms with Crippen molar-refractivity contribution in [2.45, 2.75) is 39.1 Å². The van der Waals surface area contributed by atoms with E-state index in [4.69, 9.17) is 27.9 Å². The van der Waals surface area contributed by atoms with E-state index < -0.39 is 6.04 Å². The largest absolute Gasteiger partial charge is 0.497 e. The van der Waals surface area contributed by atoms with Crippen LogP contribution in [0.25, 0.3) is 0 Å². The number of carbonyl (C=O) groups is 2. The van der Waals surface area contributed by atoms with Gasteiger partial charge in [-0.1, -0.05) is 55.2 Å². The van der Waals surface area contributed by atoms with Crippen LogP contribution in [-0.4, -0.2) is 42.2 Å². The van der Waals surface area contributed by atoms with Crippen LogP contribution in [0.1, 0.15) is 31.9 Å². The number of nitrogens with zero attached hydrogens (tertiary/aromatic N) is 1.